The van der Waals surface area contributed by atoms with E-state index in [1.165, 1.54) is 17.0 Å². The summed E-state index contributed by atoms with van der Waals surface area (Å²) in [6, 6.07) is 4.89. The van der Waals surface area contributed by atoms with Crippen molar-refractivity contribution in [3.63, 3.8) is 0 Å². The molecular formula is C19H22BrN9O3. The molecule has 0 radical (unpaired) electrons. The van der Waals surface area contributed by atoms with Crippen molar-refractivity contribution >= 4 is 33.9 Å². The molecule has 12 nitrogen and oxygen atoms in total. The predicted octanol–water partition coefficient (Wildman–Crippen LogP) is 1.70. The van der Waals surface area contributed by atoms with Crippen LogP contribution in [-0.4, -0.2) is 60.5 Å². The summed E-state index contributed by atoms with van der Waals surface area (Å²) in [4.78, 5) is 15.1. The summed E-state index contributed by atoms with van der Waals surface area (Å²) >= 11 is 3.33. The number of halogens is 1. The third kappa shape index (κ3) is 4.78. The second-order valence-electron chi connectivity index (χ2n) is 7.63. The number of anilines is 1. The van der Waals surface area contributed by atoms with Crippen LogP contribution in [-0.2, 0) is 6.54 Å². The van der Waals surface area contributed by atoms with Gasteiger partial charge in [0.1, 0.15) is 5.75 Å². The number of benzene rings is 1. The van der Waals surface area contributed by atoms with E-state index in [2.05, 4.69) is 63.5 Å². The van der Waals surface area contributed by atoms with Crippen molar-refractivity contribution in [1.82, 2.24) is 35.6 Å². The molecule has 0 spiro atoms. The number of hydrazone groups is 1. The van der Waals surface area contributed by atoms with Crippen molar-refractivity contribution in [1.29, 1.82) is 0 Å². The van der Waals surface area contributed by atoms with Crippen LogP contribution in [0.5, 0.6) is 5.75 Å². The molecular weight excluding hydrogens is 482 g/mol. The number of hydrogen-bond acceptors (Lipinski definition) is 10. The van der Waals surface area contributed by atoms with Gasteiger partial charge in [0.2, 0.25) is 11.6 Å². The van der Waals surface area contributed by atoms with Crippen molar-refractivity contribution in [3.8, 4) is 11.6 Å². The highest BCUT2D eigenvalue weighted by Gasteiger charge is 2.26. The Morgan fingerprint density at radius 1 is 1.41 bits per heavy atom. The monoisotopic (exact) mass is 503 g/mol. The third-order valence-electron chi connectivity index (χ3n) is 5.28. The van der Waals surface area contributed by atoms with Crippen LogP contribution in [0.25, 0.3) is 5.82 Å². The van der Waals surface area contributed by atoms with Crippen LogP contribution >= 0.6 is 15.9 Å². The van der Waals surface area contributed by atoms with Gasteiger partial charge in [-0.05, 0) is 60.4 Å². The molecule has 0 atom stereocenters. The summed E-state index contributed by atoms with van der Waals surface area (Å²) in [6.07, 6.45) is 3.47. The Labute approximate surface area is 191 Å². The topological polar surface area (TPSA) is 161 Å². The Morgan fingerprint density at radius 3 is 2.91 bits per heavy atom. The zero-order chi connectivity index (χ0) is 22.7. The standard InChI is InChI=1S/C19H22BrN9O3/c1-11-4-6-28(7-5-11)10-14-16(23-27-29(14)18-17(21)25-32-26-18)19(31)24-22-9-12-8-13(20)2-3-15(12)30/h2-3,8-9,11,30H,4-7,10H2,1H3,(H2,21,25)(H,24,31)/b22-9+. The van der Waals surface area contributed by atoms with E-state index in [0.29, 0.717) is 23.7 Å². The lowest BCUT2D eigenvalue weighted by molar-refractivity contribution is 0.0946. The number of nitrogens with two attached hydrogens (primary N) is 1. The van der Waals surface area contributed by atoms with Gasteiger partial charge in [0.15, 0.2) is 5.69 Å². The molecule has 4 rings (SSSR count). The molecule has 0 unspecified atom stereocenters. The van der Waals surface area contributed by atoms with Crippen LogP contribution in [0.1, 0.15) is 41.5 Å². The van der Waals surface area contributed by atoms with E-state index in [1.54, 1.807) is 12.1 Å². The van der Waals surface area contributed by atoms with E-state index in [4.69, 9.17) is 5.73 Å². The number of hydrogen-bond donors (Lipinski definition) is 3. The fourth-order valence-corrected chi connectivity index (χ4v) is 3.78. The van der Waals surface area contributed by atoms with Gasteiger partial charge in [0.25, 0.3) is 5.91 Å². The van der Waals surface area contributed by atoms with E-state index in [0.717, 1.165) is 30.4 Å². The molecule has 1 aromatic carbocycles. The number of piperidine rings is 1. The summed E-state index contributed by atoms with van der Waals surface area (Å²) in [5, 5.41) is 29.3. The van der Waals surface area contributed by atoms with E-state index in [-0.39, 0.29) is 23.1 Å². The molecule has 0 aliphatic carbocycles. The number of carbonyl (C=O) groups excluding carboxylic acids is 1. The van der Waals surface area contributed by atoms with Gasteiger partial charge in [-0.3, -0.25) is 9.69 Å². The highest BCUT2D eigenvalue weighted by molar-refractivity contribution is 9.10. The predicted molar refractivity (Wildman–Crippen MR) is 118 cm³/mol. The zero-order valence-electron chi connectivity index (χ0n) is 17.3. The number of phenolic OH excluding ortho intramolecular Hbond substituents is 1. The summed E-state index contributed by atoms with van der Waals surface area (Å²) in [5.41, 5.74) is 9.28. The van der Waals surface area contributed by atoms with Crippen molar-refractivity contribution in [2.45, 2.75) is 26.3 Å². The van der Waals surface area contributed by atoms with E-state index in [9.17, 15) is 9.90 Å². The Hall–Kier alpha value is -3.32. The van der Waals surface area contributed by atoms with E-state index in [1.807, 2.05) is 0 Å². The summed E-state index contributed by atoms with van der Waals surface area (Å²) < 4.78 is 6.81. The van der Waals surface area contributed by atoms with Crippen LogP contribution < -0.4 is 11.2 Å². The quantitative estimate of drug-likeness (QED) is 0.335. The first kappa shape index (κ1) is 21.9. The number of amides is 1. The van der Waals surface area contributed by atoms with Crippen LogP contribution in [0, 0.1) is 5.92 Å². The van der Waals surface area contributed by atoms with Gasteiger partial charge in [-0.15, -0.1) is 5.10 Å². The largest absolute Gasteiger partial charge is 0.507 e. The van der Waals surface area contributed by atoms with Crippen molar-refractivity contribution < 1.29 is 14.5 Å². The molecule has 32 heavy (non-hydrogen) atoms. The highest BCUT2D eigenvalue weighted by Crippen LogP contribution is 2.22. The lowest BCUT2D eigenvalue weighted by Gasteiger charge is -2.30. The Balaban J connectivity index is 1.57. The molecule has 13 heteroatoms. The van der Waals surface area contributed by atoms with Crippen molar-refractivity contribution in [3.05, 3.63) is 39.6 Å². The third-order valence-corrected chi connectivity index (χ3v) is 5.78. The molecule has 1 aliphatic rings. The molecule has 0 bridgehead atoms. The zero-order valence-corrected chi connectivity index (χ0v) is 18.9. The number of aromatic hydroxyl groups is 1. The summed E-state index contributed by atoms with van der Waals surface area (Å²) in [5.74, 6) is 0.345. The average Bonchev–Trinajstić information content (AvgIpc) is 3.37. The second kappa shape index (κ2) is 9.44. The Morgan fingerprint density at radius 2 is 2.19 bits per heavy atom. The number of rotatable bonds is 6. The van der Waals surface area contributed by atoms with Gasteiger partial charge in [0.05, 0.1) is 11.9 Å². The maximum absolute atomic E-state index is 12.8. The number of nitrogens with one attached hydrogen (secondary N) is 1. The molecule has 3 aromatic rings. The van der Waals surface area contributed by atoms with Crippen LogP contribution in [0.4, 0.5) is 5.82 Å². The molecule has 1 aliphatic heterocycles. The first-order valence-electron chi connectivity index (χ1n) is 9.99. The summed E-state index contributed by atoms with van der Waals surface area (Å²) in [7, 11) is 0. The minimum atomic E-state index is -0.558. The Kier molecular flexibility index (Phi) is 6.46. The lowest BCUT2D eigenvalue weighted by Crippen LogP contribution is -2.34. The van der Waals surface area contributed by atoms with E-state index < -0.39 is 5.91 Å². The van der Waals surface area contributed by atoms with Crippen LogP contribution in [0.2, 0.25) is 0 Å². The number of nitrogen functional groups attached to an aromatic ring is 1. The fraction of sp³-hybridized carbons (Fsp3) is 0.368. The second-order valence-corrected chi connectivity index (χ2v) is 8.55. The normalized spacial score (nSPS) is 15.4. The SMILES string of the molecule is CC1CCN(Cc2c(C(=O)N/N=C/c3cc(Br)ccc3O)nnn2-c2nonc2N)CC1. The van der Waals surface area contributed by atoms with Gasteiger partial charge >= 0.3 is 0 Å². The molecule has 2 aromatic heterocycles. The number of nitrogens with zero attached hydrogens (tertiary/aromatic N) is 7. The minimum absolute atomic E-state index is 0.0335. The van der Waals surface area contributed by atoms with Crippen LogP contribution in [0.15, 0.2) is 32.4 Å². The maximum Gasteiger partial charge on any atom is 0.293 e. The fourth-order valence-electron chi connectivity index (χ4n) is 3.40. The molecule has 4 N–H and O–H groups in total. The molecule has 1 amide bonds. The molecule has 1 saturated heterocycles. The van der Waals surface area contributed by atoms with Gasteiger partial charge in [-0.25, -0.2) is 10.1 Å². The Bertz CT molecular complexity index is 1140. The maximum atomic E-state index is 12.8. The van der Waals surface area contributed by atoms with Crippen molar-refractivity contribution in [2.24, 2.45) is 11.0 Å². The van der Waals surface area contributed by atoms with E-state index >= 15 is 0 Å². The lowest BCUT2D eigenvalue weighted by atomic mass is 9.99. The van der Waals surface area contributed by atoms with Gasteiger partial charge in [-0.2, -0.15) is 9.78 Å². The molecule has 0 saturated carbocycles. The van der Waals surface area contributed by atoms with Crippen LogP contribution in [0.3, 0.4) is 0 Å². The van der Waals surface area contributed by atoms with Gasteiger partial charge in [0, 0.05) is 16.6 Å². The first-order valence-corrected chi connectivity index (χ1v) is 10.8. The molecule has 3 heterocycles. The van der Waals surface area contributed by atoms with Crippen molar-refractivity contribution in [2.75, 3.05) is 18.8 Å². The average molecular weight is 504 g/mol. The minimum Gasteiger partial charge on any atom is -0.507 e. The molecule has 1 fully saturated rings. The number of carbonyl (C=O) groups is 1. The number of likely N-dealkylation sites (tertiary alicyclic amines) is 1. The first-order chi connectivity index (χ1) is 15.4. The smallest absolute Gasteiger partial charge is 0.293 e. The van der Waals surface area contributed by atoms with Gasteiger partial charge in [-0.1, -0.05) is 28.1 Å². The molecule has 168 valence electrons. The number of aromatic nitrogens is 5. The number of phenols is 1. The highest BCUT2D eigenvalue weighted by atomic mass is 79.9. The van der Waals surface area contributed by atoms with Gasteiger partial charge < -0.3 is 10.8 Å². The summed E-state index contributed by atoms with van der Waals surface area (Å²) in [6.45, 7) is 4.43.